The Kier molecular flexibility index (Phi) is 7.03. The fourth-order valence-electron chi connectivity index (χ4n) is 4.76. The number of amides is 1. The van der Waals surface area contributed by atoms with E-state index < -0.39 is 0 Å². The van der Waals surface area contributed by atoms with Crippen molar-refractivity contribution in [3.63, 3.8) is 0 Å². The molecule has 8 nitrogen and oxygen atoms in total. The summed E-state index contributed by atoms with van der Waals surface area (Å²) in [6, 6.07) is 12.4. The number of hydrogen-bond donors (Lipinski definition) is 1. The van der Waals surface area contributed by atoms with Crippen LogP contribution in [0.5, 0.6) is 0 Å². The van der Waals surface area contributed by atoms with Gasteiger partial charge in [-0.15, -0.1) is 0 Å². The molecule has 1 atom stereocenters. The molecule has 2 aromatic carbocycles. The molecule has 5 rings (SSSR count). The molecule has 0 bridgehead atoms. The van der Waals surface area contributed by atoms with E-state index in [-0.39, 0.29) is 30.1 Å². The van der Waals surface area contributed by atoms with Gasteiger partial charge in [-0.1, -0.05) is 23.2 Å². The van der Waals surface area contributed by atoms with Crippen LogP contribution < -0.4 is 10.9 Å². The lowest BCUT2D eigenvalue weighted by molar-refractivity contribution is 0.0653. The number of halogens is 2. The zero-order valence-corrected chi connectivity index (χ0v) is 23.1. The van der Waals surface area contributed by atoms with Crippen molar-refractivity contribution in [2.45, 2.75) is 52.7 Å². The molecule has 0 radical (unpaired) electrons. The summed E-state index contributed by atoms with van der Waals surface area (Å²) in [6.07, 6.45) is 3.99. The number of rotatable bonds is 5. The zero-order valence-electron chi connectivity index (χ0n) is 21.6. The summed E-state index contributed by atoms with van der Waals surface area (Å²) in [5.41, 5.74) is 4.06. The molecule has 4 aromatic rings. The summed E-state index contributed by atoms with van der Waals surface area (Å²) in [4.78, 5) is 34.0. The van der Waals surface area contributed by atoms with Gasteiger partial charge in [-0.05, 0) is 82.1 Å². The van der Waals surface area contributed by atoms with Crippen molar-refractivity contribution in [3.8, 4) is 11.4 Å². The van der Waals surface area contributed by atoms with E-state index in [1.165, 1.54) is 0 Å². The highest BCUT2D eigenvalue weighted by molar-refractivity contribution is 6.42. The van der Waals surface area contributed by atoms with E-state index in [1.54, 1.807) is 38.5 Å². The predicted octanol–water partition coefficient (Wildman–Crippen LogP) is 5.44. The Labute approximate surface area is 230 Å². The van der Waals surface area contributed by atoms with Gasteiger partial charge < -0.3 is 10.2 Å². The molecule has 0 saturated heterocycles. The second-order valence-corrected chi connectivity index (χ2v) is 10.7. The van der Waals surface area contributed by atoms with Crippen LogP contribution in [0.15, 0.2) is 59.7 Å². The number of nitrogens with zero attached hydrogens (tertiary/aromatic N) is 5. The Morgan fingerprint density at radius 1 is 1.13 bits per heavy atom. The normalized spacial score (nSPS) is 15.0. The molecule has 0 saturated carbocycles. The number of aryl methyl sites for hydroxylation is 1. The monoisotopic (exact) mass is 550 g/mol. The molecule has 196 valence electrons. The first-order valence-corrected chi connectivity index (χ1v) is 13.2. The number of hydrogen-bond acceptors (Lipinski definition) is 5. The van der Waals surface area contributed by atoms with E-state index in [9.17, 15) is 9.59 Å². The maximum atomic E-state index is 14.0. The van der Waals surface area contributed by atoms with Crippen LogP contribution in [0.4, 0.5) is 5.95 Å². The van der Waals surface area contributed by atoms with Gasteiger partial charge in [-0.3, -0.25) is 9.59 Å². The first-order valence-electron chi connectivity index (χ1n) is 12.4. The first-order chi connectivity index (χ1) is 18.1. The van der Waals surface area contributed by atoms with E-state index >= 15 is 0 Å². The fourth-order valence-corrected chi connectivity index (χ4v) is 5.06. The number of aromatic nitrogens is 4. The number of nitrogens with one attached hydrogen (secondary N) is 1. The number of carbonyl (C=O) groups is 1. The third-order valence-corrected chi connectivity index (χ3v) is 7.39. The number of carbonyl (C=O) groups excluding carboxylic acids is 1. The molecule has 1 aliphatic rings. The molecule has 1 N–H and O–H groups in total. The largest absolute Gasteiger partial charge is 0.353 e. The SMILES string of the molecule is Cc1cc(-n2cccn2)ccc1-n1c(NC(C)C)nc2c(c1=O)C[C@@H](C)N(C(=O)c1ccc(Cl)c(Cl)c1)C2. The average molecular weight is 551 g/mol. The molecule has 38 heavy (non-hydrogen) atoms. The van der Waals surface area contributed by atoms with Crippen LogP contribution in [0.2, 0.25) is 10.0 Å². The lowest BCUT2D eigenvalue weighted by Gasteiger charge is -2.35. The summed E-state index contributed by atoms with van der Waals surface area (Å²) in [5, 5.41) is 8.34. The maximum Gasteiger partial charge on any atom is 0.263 e. The summed E-state index contributed by atoms with van der Waals surface area (Å²) in [6.45, 7) is 8.10. The second kappa shape index (κ2) is 10.3. The van der Waals surface area contributed by atoms with Crippen molar-refractivity contribution in [1.82, 2.24) is 24.2 Å². The third-order valence-electron chi connectivity index (χ3n) is 6.65. The van der Waals surface area contributed by atoms with Crippen LogP contribution in [-0.4, -0.2) is 42.2 Å². The molecule has 0 spiro atoms. The van der Waals surface area contributed by atoms with E-state index in [0.29, 0.717) is 39.2 Å². The van der Waals surface area contributed by atoms with Crippen molar-refractivity contribution in [1.29, 1.82) is 0 Å². The van der Waals surface area contributed by atoms with Gasteiger partial charge in [0.1, 0.15) is 0 Å². The molecule has 10 heteroatoms. The van der Waals surface area contributed by atoms with E-state index in [0.717, 1.165) is 16.9 Å². The number of anilines is 1. The lowest BCUT2D eigenvalue weighted by Crippen LogP contribution is -2.46. The van der Waals surface area contributed by atoms with Gasteiger partial charge in [0.2, 0.25) is 5.95 Å². The quantitative estimate of drug-likeness (QED) is 0.357. The van der Waals surface area contributed by atoms with E-state index in [4.69, 9.17) is 28.2 Å². The van der Waals surface area contributed by atoms with Crippen LogP contribution in [0.25, 0.3) is 11.4 Å². The summed E-state index contributed by atoms with van der Waals surface area (Å²) in [5.74, 6) is 0.256. The topological polar surface area (TPSA) is 85.1 Å². The third kappa shape index (κ3) is 4.81. The molecular weight excluding hydrogens is 523 g/mol. The van der Waals surface area contributed by atoms with Crippen molar-refractivity contribution in [2.75, 3.05) is 5.32 Å². The predicted molar refractivity (Wildman–Crippen MR) is 150 cm³/mol. The van der Waals surface area contributed by atoms with Gasteiger partial charge in [0.25, 0.3) is 11.5 Å². The van der Waals surface area contributed by atoms with Crippen molar-refractivity contribution in [3.05, 3.63) is 97.6 Å². The molecule has 0 unspecified atom stereocenters. The van der Waals surface area contributed by atoms with Crippen LogP contribution in [-0.2, 0) is 13.0 Å². The molecule has 0 aliphatic carbocycles. The highest BCUT2D eigenvalue weighted by Gasteiger charge is 2.32. The van der Waals surface area contributed by atoms with E-state index in [2.05, 4.69) is 10.4 Å². The van der Waals surface area contributed by atoms with Crippen LogP contribution in [0.1, 0.15) is 48.0 Å². The van der Waals surface area contributed by atoms with Gasteiger partial charge >= 0.3 is 0 Å². The lowest BCUT2D eigenvalue weighted by atomic mass is 9.98. The fraction of sp³-hybridized carbons (Fsp3) is 0.286. The summed E-state index contributed by atoms with van der Waals surface area (Å²) >= 11 is 12.2. The van der Waals surface area contributed by atoms with Crippen molar-refractivity contribution in [2.24, 2.45) is 0 Å². The minimum atomic E-state index is -0.209. The van der Waals surface area contributed by atoms with Crippen LogP contribution in [0.3, 0.4) is 0 Å². The Hall–Kier alpha value is -3.62. The molecule has 1 aliphatic heterocycles. The van der Waals surface area contributed by atoms with E-state index in [1.807, 2.05) is 58.2 Å². The first kappa shape index (κ1) is 26.0. The van der Waals surface area contributed by atoms with Crippen LogP contribution in [0, 0.1) is 6.92 Å². The molecule has 3 heterocycles. The number of benzene rings is 2. The van der Waals surface area contributed by atoms with Crippen LogP contribution >= 0.6 is 23.2 Å². The Morgan fingerprint density at radius 2 is 1.92 bits per heavy atom. The molecule has 2 aromatic heterocycles. The Morgan fingerprint density at radius 3 is 2.58 bits per heavy atom. The van der Waals surface area contributed by atoms with Gasteiger partial charge in [-0.25, -0.2) is 14.2 Å². The minimum Gasteiger partial charge on any atom is -0.353 e. The Bertz CT molecular complexity index is 1580. The average Bonchev–Trinajstić information content (AvgIpc) is 3.41. The molecule has 0 fully saturated rings. The van der Waals surface area contributed by atoms with Gasteiger partial charge in [-0.2, -0.15) is 5.10 Å². The molecule has 1 amide bonds. The minimum absolute atomic E-state index is 0.0336. The second-order valence-electron chi connectivity index (χ2n) is 9.84. The summed E-state index contributed by atoms with van der Waals surface area (Å²) in [7, 11) is 0. The number of fused-ring (bicyclic) bond motifs is 1. The highest BCUT2D eigenvalue weighted by atomic mass is 35.5. The smallest absolute Gasteiger partial charge is 0.263 e. The van der Waals surface area contributed by atoms with Crippen molar-refractivity contribution >= 4 is 35.1 Å². The molecular formula is C28H28Cl2N6O2. The maximum absolute atomic E-state index is 14.0. The van der Waals surface area contributed by atoms with Crippen molar-refractivity contribution < 1.29 is 4.79 Å². The highest BCUT2D eigenvalue weighted by Crippen LogP contribution is 2.28. The summed E-state index contributed by atoms with van der Waals surface area (Å²) < 4.78 is 3.42. The van der Waals surface area contributed by atoms with Gasteiger partial charge in [0.05, 0.1) is 33.7 Å². The van der Waals surface area contributed by atoms with Gasteiger partial charge in [0, 0.05) is 35.6 Å². The Balaban J connectivity index is 1.57. The standard InChI is InChI=1S/C28H28Cl2N6O2/c1-16(2)32-28-33-24-15-34(26(37)19-6-8-22(29)23(30)14-19)18(4)13-21(24)27(38)36(28)25-9-7-20(12-17(25)3)35-11-5-10-31-35/h5-12,14,16,18H,13,15H2,1-4H3,(H,32,33)/t18-/m1/s1. The van der Waals surface area contributed by atoms with Gasteiger partial charge in [0.15, 0.2) is 0 Å². The zero-order chi connectivity index (χ0) is 27.1.